The van der Waals surface area contributed by atoms with Gasteiger partial charge in [-0.15, -0.1) is 12.4 Å². The topological polar surface area (TPSA) is 41.5 Å². The maximum atomic E-state index is 10.6. The third kappa shape index (κ3) is 2.98. The van der Waals surface area contributed by atoms with Crippen LogP contribution >= 0.6 is 24.0 Å². The molecule has 0 spiro atoms. The zero-order valence-corrected chi connectivity index (χ0v) is 12.3. The van der Waals surface area contributed by atoms with Gasteiger partial charge in [0, 0.05) is 16.1 Å². The van der Waals surface area contributed by atoms with Gasteiger partial charge >= 0.3 is 0 Å². The van der Waals surface area contributed by atoms with E-state index in [0.717, 1.165) is 0 Å². The average molecular weight is 292 g/mol. The monoisotopic (exact) mass is 291 g/mol. The van der Waals surface area contributed by atoms with Crippen LogP contribution in [0.25, 0.3) is 0 Å². The lowest BCUT2D eigenvalue weighted by molar-refractivity contribution is -0.263. The summed E-state index contributed by atoms with van der Waals surface area (Å²) in [5, 5.41) is 14.6. The van der Waals surface area contributed by atoms with E-state index in [1.165, 1.54) is 0 Å². The van der Waals surface area contributed by atoms with Crippen molar-refractivity contribution in [2.45, 2.75) is 38.1 Å². The number of morpholine rings is 1. The van der Waals surface area contributed by atoms with Gasteiger partial charge in [0.2, 0.25) is 5.79 Å². The van der Waals surface area contributed by atoms with Crippen molar-refractivity contribution in [3.8, 4) is 0 Å². The molecule has 1 aromatic rings. The molecule has 0 radical (unpaired) electrons. The van der Waals surface area contributed by atoms with Gasteiger partial charge in [-0.3, -0.25) is 0 Å². The Morgan fingerprint density at radius 3 is 2.67 bits per heavy atom. The summed E-state index contributed by atoms with van der Waals surface area (Å²) in [6.07, 6.45) is 0. The molecule has 1 aromatic carbocycles. The lowest BCUT2D eigenvalue weighted by Gasteiger charge is -2.46. The minimum Gasteiger partial charge on any atom is -0.361 e. The minimum absolute atomic E-state index is 0. The van der Waals surface area contributed by atoms with Crippen LogP contribution < -0.4 is 5.32 Å². The molecule has 0 saturated carbocycles. The first-order valence-corrected chi connectivity index (χ1v) is 6.11. The van der Waals surface area contributed by atoms with Crippen LogP contribution in [0.2, 0.25) is 5.02 Å². The Kier molecular flexibility index (Phi) is 4.68. The predicted octanol–water partition coefficient (Wildman–Crippen LogP) is 2.69. The maximum absolute atomic E-state index is 10.6. The van der Waals surface area contributed by atoms with E-state index in [4.69, 9.17) is 16.3 Å². The molecule has 18 heavy (non-hydrogen) atoms. The first kappa shape index (κ1) is 15.7. The van der Waals surface area contributed by atoms with Gasteiger partial charge in [0.05, 0.1) is 12.6 Å². The van der Waals surface area contributed by atoms with E-state index in [0.29, 0.717) is 17.2 Å². The quantitative estimate of drug-likeness (QED) is 0.836. The first-order chi connectivity index (χ1) is 7.83. The number of hydrogen-bond acceptors (Lipinski definition) is 3. The molecule has 2 rings (SSSR count). The van der Waals surface area contributed by atoms with Crippen molar-refractivity contribution < 1.29 is 9.84 Å². The zero-order chi connectivity index (χ0) is 12.7. The van der Waals surface area contributed by atoms with Crippen LogP contribution in [0.5, 0.6) is 0 Å². The second kappa shape index (κ2) is 5.35. The second-order valence-corrected chi connectivity index (χ2v) is 5.68. The predicted molar refractivity (Wildman–Crippen MR) is 75.2 cm³/mol. The normalized spacial score (nSPS) is 30.6. The largest absolute Gasteiger partial charge is 0.361 e. The van der Waals surface area contributed by atoms with Crippen LogP contribution in [0.1, 0.15) is 26.3 Å². The highest BCUT2D eigenvalue weighted by molar-refractivity contribution is 6.30. The molecule has 2 N–H and O–H groups in total. The first-order valence-electron chi connectivity index (χ1n) is 5.74. The van der Waals surface area contributed by atoms with Gasteiger partial charge in [0.15, 0.2) is 0 Å². The van der Waals surface area contributed by atoms with Crippen molar-refractivity contribution in [1.82, 2.24) is 5.32 Å². The second-order valence-electron chi connectivity index (χ2n) is 5.25. The zero-order valence-electron chi connectivity index (χ0n) is 10.7. The molecular formula is C13H19Cl2NO2. The van der Waals surface area contributed by atoms with Gasteiger partial charge in [-0.25, -0.2) is 0 Å². The third-order valence-corrected chi connectivity index (χ3v) is 3.32. The van der Waals surface area contributed by atoms with Gasteiger partial charge in [-0.2, -0.15) is 0 Å². The Balaban J connectivity index is 0.00000162. The molecule has 0 unspecified atom stereocenters. The van der Waals surface area contributed by atoms with E-state index in [1.807, 2.05) is 32.9 Å². The smallest absolute Gasteiger partial charge is 0.208 e. The van der Waals surface area contributed by atoms with Crippen molar-refractivity contribution in [2.75, 3.05) is 6.61 Å². The molecule has 1 fully saturated rings. The molecular weight excluding hydrogens is 273 g/mol. The van der Waals surface area contributed by atoms with Crippen molar-refractivity contribution in [3.05, 3.63) is 34.9 Å². The van der Waals surface area contributed by atoms with Crippen LogP contribution in [0.4, 0.5) is 0 Å². The van der Waals surface area contributed by atoms with Crippen LogP contribution in [-0.4, -0.2) is 23.3 Å². The summed E-state index contributed by atoms with van der Waals surface area (Å²) in [6.45, 7) is 6.43. The van der Waals surface area contributed by atoms with E-state index in [9.17, 15) is 5.11 Å². The number of benzene rings is 1. The van der Waals surface area contributed by atoms with E-state index in [2.05, 4.69) is 5.32 Å². The highest BCUT2D eigenvalue weighted by Gasteiger charge is 2.44. The number of rotatable bonds is 1. The van der Waals surface area contributed by atoms with E-state index < -0.39 is 5.79 Å². The molecule has 0 amide bonds. The average Bonchev–Trinajstić information content (AvgIpc) is 2.24. The lowest BCUT2D eigenvalue weighted by atomic mass is 9.93. The fourth-order valence-electron chi connectivity index (χ4n) is 2.19. The highest BCUT2D eigenvalue weighted by atomic mass is 35.5. The summed E-state index contributed by atoms with van der Waals surface area (Å²) in [6, 6.07) is 6.94. The summed E-state index contributed by atoms with van der Waals surface area (Å²) in [5.41, 5.74) is 0.546. The molecule has 5 heteroatoms. The lowest BCUT2D eigenvalue weighted by Crippen LogP contribution is -2.63. The molecule has 0 aliphatic carbocycles. The number of ether oxygens (including phenoxy) is 1. The summed E-state index contributed by atoms with van der Waals surface area (Å²) < 4.78 is 5.67. The number of nitrogens with one attached hydrogen (secondary N) is 1. The van der Waals surface area contributed by atoms with Gasteiger partial charge in [0.1, 0.15) is 0 Å². The van der Waals surface area contributed by atoms with Crippen molar-refractivity contribution in [1.29, 1.82) is 0 Å². The van der Waals surface area contributed by atoms with Crippen LogP contribution in [0.15, 0.2) is 24.3 Å². The number of hydrogen-bond donors (Lipinski definition) is 2. The molecule has 102 valence electrons. The summed E-state index contributed by atoms with van der Waals surface area (Å²) in [4.78, 5) is 0. The Hall–Kier alpha value is -0.320. The molecule has 1 aliphatic heterocycles. The standard InChI is InChI=1S/C13H18ClNO2.ClH/c1-9-13(16,17-8-12(2,3)15-9)10-5-4-6-11(14)7-10;/h4-7,9,15-16H,8H2,1-3H3;1H/t9-,13+;/m1./s1. The fraction of sp³-hybridized carbons (Fsp3) is 0.538. The molecule has 2 atom stereocenters. The highest BCUT2D eigenvalue weighted by Crippen LogP contribution is 2.33. The Bertz CT molecular complexity index is 425. The molecule has 0 aromatic heterocycles. The molecule has 1 aliphatic rings. The van der Waals surface area contributed by atoms with Crippen LogP contribution in [-0.2, 0) is 10.5 Å². The fourth-order valence-corrected chi connectivity index (χ4v) is 2.38. The van der Waals surface area contributed by atoms with Gasteiger partial charge < -0.3 is 15.2 Å². The van der Waals surface area contributed by atoms with Gasteiger partial charge in [0.25, 0.3) is 0 Å². The maximum Gasteiger partial charge on any atom is 0.208 e. The Morgan fingerprint density at radius 2 is 2.11 bits per heavy atom. The Labute approximate surface area is 119 Å². The van der Waals surface area contributed by atoms with Crippen LogP contribution in [0, 0.1) is 0 Å². The number of halogens is 2. The van der Waals surface area contributed by atoms with Gasteiger partial charge in [-0.1, -0.05) is 23.7 Å². The van der Waals surface area contributed by atoms with Crippen molar-refractivity contribution >= 4 is 24.0 Å². The summed E-state index contributed by atoms with van der Waals surface area (Å²) in [7, 11) is 0. The Morgan fingerprint density at radius 1 is 1.44 bits per heavy atom. The van der Waals surface area contributed by atoms with Crippen LogP contribution in [0.3, 0.4) is 0 Å². The van der Waals surface area contributed by atoms with Gasteiger partial charge in [-0.05, 0) is 32.9 Å². The molecule has 0 bridgehead atoms. The van der Waals surface area contributed by atoms with Crippen molar-refractivity contribution in [3.63, 3.8) is 0 Å². The SMILES string of the molecule is C[C@H]1NC(C)(C)CO[C@]1(O)c1cccc(Cl)c1.Cl. The van der Waals surface area contributed by atoms with E-state index in [1.54, 1.807) is 12.1 Å². The molecule has 1 heterocycles. The number of aliphatic hydroxyl groups is 1. The van der Waals surface area contributed by atoms with Crippen molar-refractivity contribution in [2.24, 2.45) is 0 Å². The van der Waals surface area contributed by atoms with E-state index >= 15 is 0 Å². The molecule has 3 nitrogen and oxygen atoms in total. The molecule has 1 saturated heterocycles. The minimum atomic E-state index is -1.32. The van der Waals surface area contributed by atoms with E-state index in [-0.39, 0.29) is 24.0 Å². The third-order valence-electron chi connectivity index (χ3n) is 3.09. The summed E-state index contributed by atoms with van der Waals surface area (Å²) in [5.74, 6) is -1.32. The summed E-state index contributed by atoms with van der Waals surface area (Å²) >= 11 is 5.94.